The van der Waals surface area contributed by atoms with Gasteiger partial charge in [0.05, 0.1) is 29.1 Å². The number of hydrogen-bond donors (Lipinski definition) is 0. The Morgan fingerprint density at radius 3 is 2.14 bits per heavy atom. The third kappa shape index (κ3) is 4.43. The highest BCUT2D eigenvalue weighted by atomic mass is 16.6. The Labute approximate surface area is 246 Å². The molecule has 0 unspecified atom stereocenters. The molecule has 226 valence electrons. The molecule has 4 aliphatic rings. The van der Waals surface area contributed by atoms with E-state index >= 15 is 0 Å². The zero-order valence-electron chi connectivity index (χ0n) is 25.4. The molecule has 1 aliphatic heterocycles. The minimum atomic E-state index is -1.27. The van der Waals surface area contributed by atoms with Gasteiger partial charge in [0.25, 0.3) is 0 Å². The molecule has 0 aromatic heterocycles. The van der Waals surface area contributed by atoms with E-state index in [1.165, 1.54) is 20.8 Å². The number of hydrogen-bond acceptors (Lipinski definition) is 9. The molecule has 2 bridgehead atoms. The van der Waals surface area contributed by atoms with Crippen LogP contribution in [0.15, 0.2) is 53.6 Å². The van der Waals surface area contributed by atoms with Gasteiger partial charge in [-0.15, -0.1) is 0 Å². The predicted molar refractivity (Wildman–Crippen MR) is 151 cm³/mol. The summed E-state index contributed by atoms with van der Waals surface area (Å²) in [5.74, 6) is -2.88. The second-order valence-electron chi connectivity index (χ2n) is 12.8. The Hall–Kier alpha value is -3.30. The van der Waals surface area contributed by atoms with Gasteiger partial charge in [-0.3, -0.25) is 19.2 Å². The van der Waals surface area contributed by atoms with Crippen molar-refractivity contribution in [2.75, 3.05) is 0 Å². The first-order valence-electron chi connectivity index (χ1n) is 14.4. The number of rotatable bonds is 6. The summed E-state index contributed by atoms with van der Waals surface area (Å²) < 4.78 is 31.7. The van der Waals surface area contributed by atoms with Crippen molar-refractivity contribution in [3.05, 3.63) is 59.2 Å². The van der Waals surface area contributed by atoms with Gasteiger partial charge in [0, 0.05) is 33.1 Å². The van der Waals surface area contributed by atoms with E-state index < -0.39 is 64.7 Å². The van der Waals surface area contributed by atoms with E-state index in [0.717, 1.165) is 16.7 Å². The second kappa shape index (κ2) is 10.5. The van der Waals surface area contributed by atoms with E-state index in [2.05, 4.69) is 6.58 Å². The van der Waals surface area contributed by atoms with Crippen LogP contribution in [0.25, 0.3) is 0 Å². The SMILES string of the molecule is C=C1C(=O)C[C@H](OC(C)=O)[C@@]2(C)[C@@H](OC(C)=O)[C@H](OCc3ccccc3)C3=C(C)[C@H]4C[C@@]3([C@@H](OC(C)=O)[C@H]12)C(C)(C)O4. The van der Waals surface area contributed by atoms with Gasteiger partial charge in [0.1, 0.15) is 24.4 Å². The van der Waals surface area contributed by atoms with Gasteiger partial charge in [-0.2, -0.15) is 0 Å². The Bertz CT molecular complexity index is 1360. The topological polar surface area (TPSA) is 114 Å². The fourth-order valence-corrected chi connectivity index (χ4v) is 8.25. The number of benzene rings is 1. The van der Waals surface area contributed by atoms with Crippen LogP contribution in [0.1, 0.15) is 66.9 Å². The molecular formula is C33H40O9. The minimum Gasteiger partial charge on any atom is -0.461 e. The van der Waals surface area contributed by atoms with Gasteiger partial charge in [0.15, 0.2) is 5.78 Å². The summed E-state index contributed by atoms with van der Waals surface area (Å²) >= 11 is 0. The maximum absolute atomic E-state index is 13.6. The fourth-order valence-electron chi connectivity index (χ4n) is 8.25. The van der Waals surface area contributed by atoms with E-state index in [1.54, 1.807) is 0 Å². The lowest BCUT2D eigenvalue weighted by molar-refractivity contribution is -0.206. The molecule has 3 aliphatic carbocycles. The smallest absolute Gasteiger partial charge is 0.303 e. The normalized spacial score (nSPS) is 36.5. The summed E-state index contributed by atoms with van der Waals surface area (Å²) in [5, 5.41) is 0. The van der Waals surface area contributed by atoms with Gasteiger partial charge >= 0.3 is 17.9 Å². The van der Waals surface area contributed by atoms with Crippen LogP contribution in [-0.4, -0.2) is 59.8 Å². The highest BCUT2D eigenvalue weighted by molar-refractivity contribution is 5.97. The van der Waals surface area contributed by atoms with Crippen molar-refractivity contribution in [3.8, 4) is 0 Å². The molecule has 0 N–H and O–H groups in total. The molecule has 0 radical (unpaired) electrons. The van der Waals surface area contributed by atoms with Gasteiger partial charge in [0.2, 0.25) is 0 Å². The summed E-state index contributed by atoms with van der Waals surface area (Å²) in [4.78, 5) is 51.7. The number of esters is 3. The van der Waals surface area contributed by atoms with Crippen LogP contribution in [0, 0.1) is 16.7 Å². The molecule has 42 heavy (non-hydrogen) atoms. The molecule has 0 amide bonds. The number of Topliss-reactive ketones (excluding diaryl/α,β-unsaturated/α-hetero) is 1. The van der Waals surface area contributed by atoms with E-state index in [-0.39, 0.29) is 30.5 Å². The number of ketones is 1. The average Bonchev–Trinajstić information content (AvgIpc) is 3.31. The highest BCUT2D eigenvalue weighted by Crippen LogP contribution is 2.69. The number of fused-ring (bicyclic) bond motifs is 2. The van der Waals surface area contributed by atoms with Gasteiger partial charge < -0.3 is 23.7 Å². The van der Waals surface area contributed by atoms with Crippen molar-refractivity contribution in [1.29, 1.82) is 0 Å². The van der Waals surface area contributed by atoms with Crippen LogP contribution in [-0.2, 0) is 49.5 Å². The Balaban J connectivity index is 1.83. The first kappa shape index (κ1) is 30.2. The van der Waals surface area contributed by atoms with Crippen LogP contribution in [0.5, 0.6) is 0 Å². The summed E-state index contributed by atoms with van der Waals surface area (Å²) in [5.41, 5.74) is -0.233. The van der Waals surface area contributed by atoms with Crippen LogP contribution < -0.4 is 0 Å². The van der Waals surface area contributed by atoms with E-state index in [9.17, 15) is 19.2 Å². The van der Waals surface area contributed by atoms with Crippen molar-refractivity contribution >= 4 is 23.7 Å². The van der Waals surface area contributed by atoms with Crippen molar-refractivity contribution in [1.82, 2.24) is 0 Å². The van der Waals surface area contributed by atoms with Crippen molar-refractivity contribution in [3.63, 3.8) is 0 Å². The third-order valence-electron chi connectivity index (χ3n) is 10.0. The third-order valence-corrected chi connectivity index (χ3v) is 10.0. The number of ether oxygens (including phenoxy) is 5. The molecule has 3 fully saturated rings. The van der Waals surface area contributed by atoms with Crippen molar-refractivity contribution in [2.24, 2.45) is 16.7 Å². The lowest BCUT2D eigenvalue weighted by Crippen LogP contribution is -2.62. The Kier molecular flexibility index (Phi) is 7.51. The molecule has 1 aromatic rings. The lowest BCUT2D eigenvalue weighted by atomic mass is 9.55. The fraction of sp³-hybridized carbons (Fsp3) is 0.576. The number of carbonyl (C=O) groups is 4. The molecule has 9 heteroatoms. The first-order chi connectivity index (χ1) is 19.6. The largest absolute Gasteiger partial charge is 0.461 e. The predicted octanol–water partition coefficient (Wildman–Crippen LogP) is 4.42. The van der Waals surface area contributed by atoms with Gasteiger partial charge in [-0.05, 0) is 49.5 Å². The van der Waals surface area contributed by atoms with Crippen LogP contribution in [0.4, 0.5) is 0 Å². The summed E-state index contributed by atoms with van der Waals surface area (Å²) in [6.07, 6.45) is -3.82. The highest BCUT2D eigenvalue weighted by Gasteiger charge is 2.76. The summed E-state index contributed by atoms with van der Waals surface area (Å²) in [7, 11) is 0. The first-order valence-corrected chi connectivity index (χ1v) is 14.4. The Morgan fingerprint density at radius 2 is 1.55 bits per heavy atom. The molecule has 5 rings (SSSR count). The molecule has 8 atom stereocenters. The average molecular weight is 581 g/mol. The van der Waals surface area contributed by atoms with E-state index in [4.69, 9.17) is 23.7 Å². The summed E-state index contributed by atoms with van der Waals surface area (Å²) in [6.45, 7) is 16.0. The standard InChI is InChI=1S/C33H40O9/c1-17-23(37)14-25(39-19(3)34)32(8)27(17)29(40-20(4)35)33-15-24(42-31(33,6)7)18(2)26(33)28(30(32)41-21(5)36)38-16-22-12-10-9-11-13-22/h9-13,24-25,27-30H,1,14-16H2,2-8H3/t24-,25+,27+,28-,29+,30+,32-,33-/m1/s1. The lowest BCUT2D eigenvalue weighted by Gasteiger charge is -2.53. The van der Waals surface area contributed by atoms with E-state index in [1.807, 2.05) is 58.0 Å². The molecule has 9 nitrogen and oxygen atoms in total. The monoisotopic (exact) mass is 580 g/mol. The van der Waals surface area contributed by atoms with Gasteiger partial charge in [-0.25, -0.2) is 0 Å². The van der Waals surface area contributed by atoms with Crippen molar-refractivity contribution < 1.29 is 42.9 Å². The quantitative estimate of drug-likeness (QED) is 0.209. The molecule has 2 saturated carbocycles. The molecule has 1 heterocycles. The molecule has 1 spiro atoms. The van der Waals surface area contributed by atoms with E-state index in [0.29, 0.717) is 6.42 Å². The zero-order valence-corrected chi connectivity index (χ0v) is 25.4. The second-order valence-corrected chi connectivity index (χ2v) is 12.8. The maximum atomic E-state index is 13.6. The van der Waals surface area contributed by atoms with Crippen LogP contribution in [0.3, 0.4) is 0 Å². The van der Waals surface area contributed by atoms with Crippen LogP contribution in [0.2, 0.25) is 0 Å². The molecule has 1 aromatic carbocycles. The number of carbonyl (C=O) groups excluding carboxylic acids is 4. The molecular weight excluding hydrogens is 540 g/mol. The van der Waals surface area contributed by atoms with Gasteiger partial charge in [-0.1, -0.05) is 43.8 Å². The Morgan fingerprint density at radius 1 is 0.952 bits per heavy atom. The summed E-state index contributed by atoms with van der Waals surface area (Å²) in [6, 6.07) is 9.63. The van der Waals surface area contributed by atoms with Crippen LogP contribution >= 0.6 is 0 Å². The minimum absolute atomic E-state index is 0.158. The molecule has 1 saturated heterocycles. The maximum Gasteiger partial charge on any atom is 0.303 e. The van der Waals surface area contributed by atoms with Crippen molar-refractivity contribution in [2.45, 2.75) is 104 Å². The zero-order chi connectivity index (χ0) is 30.8.